The van der Waals surface area contributed by atoms with E-state index in [-0.39, 0.29) is 12.2 Å². The Balaban J connectivity index is 1.86. The van der Waals surface area contributed by atoms with Gasteiger partial charge in [0, 0.05) is 7.11 Å². The number of hydrogen-bond donors (Lipinski definition) is 6. The Morgan fingerprint density at radius 3 is 1.97 bits per heavy atom. The highest BCUT2D eigenvalue weighted by molar-refractivity contribution is 7.66. The van der Waals surface area contributed by atoms with Gasteiger partial charge in [-0.25, -0.2) is 13.7 Å². The topological polar surface area (TPSA) is 228 Å². The molecule has 2 fully saturated rings. The van der Waals surface area contributed by atoms with Gasteiger partial charge >= 0.3 is 23.5 Å². The van der Waals surface area contributed by atoms with E-state index in [1.807, 2.05) is 0 Å². The molecule has 178 valence electrons. The van der Waals surface area contributed by atoms with Gasteiger partial charge in [0.1, 0.15) is 18.3 Å². The molecule has 15 nitrogen and oxygen atoms in total. The first-order valence-corrected chi connectivity index (χ1v) is 13.2. The third-order valence-corrected chi connectivity index (χ3v) is 8.22. The fourth-order valence-corrected chi connectivity index (χ4v) is 6.06. The molecule has 1 saturated heterocycles. The summed E-state index contributed by atoms with van der Waals surface area (Å²) in [5.41, 5.74) is 0. The third-order valence-electron chi connectivity index (χ3n) is 4.42. The molecular weight excluding hydrogens is 477 g/mol. The number of hydrogen-bond acceptors (Lipinski definition) is 11. The van der Waals surface area contributed by atoms with Crippen molar-refractivity contribution in [3.63, 3.8) is 0 Å². The fourth-order valence-electron chi connectivity index (χ4n) is 3.03. The molecule has 0 bridgehead atoms. The van der Waals surface area contributed by atoms with Crippen LogP contribution in [0.4, 0.5) is 0 Å². The van der Waals surface area contributed by atoms with Crippen LogP contribution in [0.25, 0.3) is 0 Å². The van der Waals surface area contributed by atoms with Crippen LogP contribution >= 0.6 is 23.5 Å². The first-order valence-electron chi connectivity index (χ1n) is 8.69. The number of aliphatic hydroxyl groups is 2. The van der Waals surface area contributed by atoms with Crippen LogP contribution in [0, 0.1) is 0 Å². The summed E-state index contributed by atoms with van der Waals surface area (Å²) < 4.78 is 61.3. The smallest absolute Gasteiger partial charge is 0.387 e. The average Bonchev–Trinajstić information content (AvgIpc) is 2.85. The van der Waals surface area contributed by atoms with E-state index in [0.29, 0.717) is 12.8 Å². The van der Waals surface area contributed by atoms with Crippen molar-refractivity contribution in [3.05, 3.63) is 0 Å². The summed E-state index contributed by atoms with van der Waals surface area (Å²) in [6, 6.07) is 0. The van der Waals surface area contributed by atoms with E-state index in [9.17, 15) is 28.8 Å². The van der Waals surface area contributed by atoms with Crippen LogP contribution in [0.5, 0.6) is 0 Å². The van der Waals surface area contributed by atoms with Gasteiger partial charge in [0.15, 0.2) is 6.29 Å². The molecule has 0 aromatic heterocycles. The lowest BCUT2D eigenvalue weighted by molar-refractivity contribution is -0.201. The van der Waals surface area contributed by atoms with Crippen molar-refractivity contribution in [1.29, 1.82) is 0 Å². The molecule has 0 aromatic rings. The van der Waals surface area contributed by atoms with Gasteiger partial charge in [0.25, 0.3) is 0 Å². The zero-order valence-corrected chi connectivity index (χ0v) is 18.4. The minimum Gasteiger partial charge on any atom is -0.387 e. The molecule has 0 aromatic carbocycles. The summed E-state index contributed by atoms with van der Waals surface area (Å²) >= 11 is 0. The second kappa shape index (κ2) is 10.4. The van der Waals surface area contributed by atoms with Crippen molar-refractivity contribution in [2.75, 3.05) is 13.7 Å². The second-order valence-corrected chi connectivity index (χ2v) is 11.1. The first-order chi connectivity index (χ1) is 13.7. The molecule has 1 aliphatic heterocycles. The quantitative estimate of drug-likeness (QED) is 0.212. The summed E-state index contributed by atoms with van der Waals surface area (Å²) in [7, 11) is -14.9. The summed E-state index contributed by atoms with van der Waals surface area (Å²) in [5.74, 6) is 0. The van der Waals surface area contributed by atoms with Crippen molar-refractivity contribution in [2.45, 2.75) is 62.5 Å². The molecule has 1 heterocycles. The first kappa shape index (κ1) is 26.5. The number of rotatable bonds is 10. The van der Waals surface area contributed by atoms with Crippen LogP contribution in [0.3, 0.4) is 0 Å². The lowest BCUT2D eigenvalue weighted by Crippen LogP contribution is -2.37. The second-order valence-electron chi connectivity index (χ2n) is 6.68. The van der Waals surface area contributed by atoms with Crippen molar-refractivity contribution < 1.29 is 70.8 Å². The molecule has 1 saturated carbocycles. The Labute approximate surface area is 171 Å². The van der Waals surface area contributed by atoms with E-state index in [2.05, 4.69) is 13.1 Å². The summed E-state index contributed by atoms with van der Waals surface area (Å²) in [6.45, 7) is -0.891. The van der Waals surface area contributed by atoms with Crippen LogP contribution in [-0.2, 0) is 41.1 Å². The number of aliphatic hydroxyl groups excluding tert-OH is 2. The molecule has 1 aliphatic carbocycles. The van der Waals surface area contributed by atoms with Gasteiger partial charge in [-0.2, -0.15) is 8.62 Å². The van der Waals surface area contributed by atoms with E-state index in [4.69, 9.17) is 28.9 Å². The molecule has 30 heavy (non-hydrogen) atoms. The lowest BCUT2D eigenvalue weighted by Gasteiger charge is -2.30. The normalized spacial score (nSPS) is 36.9. The number of methoxy groups -OCH3 is 1. The van der Waals surface area contributed by atoms with Crippen molar-refractivity contribution in [2.24, 2.45) is 0 Å². The van der Waals surface area contributed by atoms with Gasteiger partial charge in [0.05, 0.1) is 18.8 Å². The van der Waals surface area contributed by atoms with Gasteiger partial charge < -0.3 is 44.0 Å². The van der Waals surface area contributed by atoms with Crippen molar-refractivity contribution in [3.8, 4) is 0 Å². The van der Waals surface area contributed by atoms with E-state index in [1.165, 1.54) is 0 Å². The molecule has 0 amide bonds. The zero-order chi connectivity index (χ0) is 22.7. The average molecular weight is 502 g/mol. The van der Waals surface area contributed by atoms with Gasteiger partial charge in [-0.1, -0.05) is 0 Å². The van der Waals surface area contributed by atoms with Crippen molar-refractivity contribution in [1.82, 2.24) is 0 Å². The Bertz CT molecular complexity index is 703. The van der Waals surface area contributed by atoms with Crippen LogP contribution in [-0.4, -0.2) is 80.3 Å². The molecule has 2 rings (SSSR count). The Morgan fingerprint density at radius 2 is 1.43 bits per heavy atom. The molecule has 0 radical (unpaired) electrons. The minimum atomic E-state index is -5.66. The highest BCUT2D eigenvalue weighted by atomic mass is 31.3. The molecule has 0 spiro atoms. The maximum atomic E-state index is 11.7. The van der Waals surface area contributed by atoms with Gasteiger partial charge in [-0.3, -0.25) is 4.52 Å². The molecule has 2 unspecified atom stereocenters. The van der Waals surface area contributed by atoms with Gasteiger partial charge in [0.2, 0.25) is 0 Å². The van der Waals surface area contributed by atoms with Crippen LogP contribution in [0.1, 0.15) is 25.7 Å². The van der Waals surface area contributed by atoms with E-state index >= 15 is 0 Å². The number of phosphoric ester groups is 1. The van der Waals surface area contributed by atoms with Gasteiger partial charge in [-0.15, -0.1) is 0 Å². The predicted octanol–water partition coefficient (Wildman–Crippen LogP) is -0.249. The van der Waals surface area contributed by atoms with Crippen LogP contribution in [0.15, 0.2) is 0 Å². The number of ether oxygens (including phenoxy) is 3. The Hall–Kier alpha value is 0.210. The van der Waals surface area contributed by atoms with E-state index < -0.39 is 54.7 Å². The van der Waals surface area contributed by atoms with E-state index in [1.54, 1.807) is 7.11 Å². The maximum Gasteiger partial charge on any atom is 0.490 e. The molecule has 6 atom stereocenters. The highest BCUT2D eigenvalue weighted by Gasteiger charge is 2.47. The minimum absolute atomic E-state index is 0.113. The molecule has 18 heteroatoms. The summed E-state index contributed by atoms with van der Waals surface area (Å²) in [4.78, 5) is 35.5. The number of phosphoric acid groups is 3. The predicted molar refractivity (Wildman–Crippen MR) is 94.6 cm³/mol. The summed E-state index contributed by atoms with van der Waals surface area (Å²) in [6.07, 6.45) is -3.12. The highest BCUT2D eigenvalue weighted by Crippen LogP contribution is 2.66. The van der Waals surface area contributed by atoms with Crippen molar-refractivity contribution >= 4 is 23.5 Å². The van der Waals surface area contributed by atoms with Crippen LogP contribution < -0.4 is 0 Å². The SMILES string of the molecule is COC1CCC(O[C@@H]2O[C@H](COP(=O)(O)OP(=O)(O)OP(=O)(O)O)[C@@H](O)[C@H]2O)CC1. The third kappa shape index (κ3) is 8.28. The lowest BCUT2D eigenvalue weighted by atomic mass is 9.95. The largest absolute Gasteiger partial charge is 0.490 e. The zero-order valence-electron chi connectivity index (χ0n) is 15.7. The van der Waals surface area contributed by atoms with E-state index in [0.717, 1.165) is 12.8 Å². The standard InChI is InChI=1S/C12H25O15P3/c1-22-7-2-4-8(5-3-7)24-12-11(14)10(13)9(25-12)6-23-29(18,19)27-30(20,21)26-28(15,16)17/h7-14H,2-6H2,1H3,(H,18,19)(H,20,21)(H2,15,16,17)/t7?,8?,9-,10-,11-,12-/m1/s1. The fraction of sp³-hybridized carbons (Fsp3) is 1.00. The molecular formula is C12H25O15P3. The monoisotopic (exact) mass is 502 g/mol. The van der Waals surface area contributed by atoms with Gasteiger partial charge in [-0.05, 0) is 25.7 Å². The van der Waals surface area contributed by atoms with Crippen LogP contribution in [0.2, 0.25) is 0 Å². The maximum absolute atomic E-state index is 11.7. The molecule has 6 N–H and O–H groups in total. The Morgan fingerprint density at radius 1 is 0.867 bits per heavy atom. The molecule has 2 aliphatic rings. The Kier molecular flexibility index (Phi) is 9.20. The summed E-state index contributed by atoms with van der Waals surface area (Å²) in [5, 5.41) is 20.1.